The van der Waals surface area contributed by atoms with Crippen molar-refractivity contribution < 1.29 is 5.11 Å². The molecule has 1 heterocycles. The molecule has 1 saturated carbocycles. The van der Waals surface area contributed by atoms with Crippen molar-refractivity contribution >= 4 is 11.3 Å². The third-order valence-corrected chi connectivity index (χ3v) is 3.70. The van der Waals surface area contributed by atoms with Crippen LogP contribution in [0.15, 0.2) is 16.8 Å². The molecule has 0 bridgehead atoms. The minimum absolute atomic E-state index is 0.0999. The topological polar surface area (TPSA) is 20.2 Å². The highest BCUT2D eigenvalue weighted by Crippen LogP contribution is 2.29. The average molecular weight is 196 g/mol. The van der Waals surface area contributed by atoms with Crippen molar-refractivity contribution in [3.63, 3.8) is 0 Å². The van der Waals surface area contributed by atoms with Crippen LogP contribution in [0, 0.1) is 5.92 Å². The van der Waals surface area contributed by atoms with Gasteiger partial charge >= 0.3 is 0 Å². The summed E-state index contributed by atoms with van der Waals surface area (Å²) in [7, 11) is 0. The smallest absolute Gasteiger partial charge is 0.0609 e. The van der Waals surface area contributed by atoms with Gasteiger partial charge in [0.05, 0.1) is 6.10 Å². The first-order chi connectivity index (χ1) is 6.36. The van der Waals surface area contributed by atoms with Gasteiger partial charge in [0.25, 0.3) is 0 Å². The number of aliphatic hydroxyl groups excluding tert-OH is 1. The lowest BCUT2D eigenvalue weighted by Crippen LogP contribution is -2.19. The van der Waals surface area contributed by atoms with E-state index in [1.165, 1.54) is 31.2 Å². The molecule has 72 valence electrons. The Bertz CT molecular complexity index is 237. The predicted molar refractivity (Wildman–Crippen MR) is 56.0 cm³/mol. The Morgan fingerprint density at radius 1 is 1.46 bits per heavy atom. The van der Waals surface area contributed by atoms with Gasteiger partial charge in [-0.1, -0.05) is 12.8 Å². The van der Waals surface area contributed by atoms with Crippen molar-refractivity contribution in [1.29, 1.82) is 0 Å². The molecule has 0 saturated heterocycles. The van der Waals surface area contributed by atoms with Crippen molar-refractivity contribution in [2.45, 2.75) is 38.2 Å². The molecule has 1 aromatic heterocycles. The zero-order valence-electron chi connectivity index (χ0n) is 7.78. The van der Waals surface area contributed by atoms with E-state index in [-0.39, 0.29) is 6.10 Å². The monoisotopic (exact) mass is 196 g/mol. The van der Waals surface area contributed by atoms with Gasteiger partial charge in [-0.2, -0.15) is 11.3 Å². The molecule has 1 aliphatic carbocycles. The van der Waals surface area contributed by atoms with Gasteiger partial charge in [-0.3, -0.25) is 0 Å². The number of thiophene rings is 1. The van der Waals surface area contributed by atoms with E-state index in [0.29, 0.717) is 5.92 Å². The fraction of sp³-hybridized carbons (Fsp3) is 0.636. The Hall–Kier alpha value is -0.340. The summed E-state index contributed by atoms with van der Waals surface area (Å²) in [5.41, 5.74) is 1.30. The molecule has 0 aromatic carbocycles. The molecule has 1 nitrogen and oxygen atoms in total. The highest BCUT2D eigenvalue weighted by molar-refractivity contribution is 7.07. The number of aliphatic hydroxyl groups is 1. The van der Waals surface area contributed by atoms with E-state index >= 15 is 0 Å². The second-order valence-electron chi connectivity index (χ2n) is 3.95. The highest BCUT2D eigenvalue weighted by atomic mass is 32.1. The predicted octanol–water partition coefficient (Wildman–Crippen LogP) is 2.84. The molecular formula is C11H16OS. The van der Waals surface area contributed by atoms with Crippen LogP contribution >= 0.6 is 11.3 Å². The maximum Gasteiger partial charge on any atom is 0.0609 e. The average Bonchev–Trinajstić information content (AvgIpc) is 2.74. The minimum atomic E-state index is -0.0999. The SMILES string of the molecule is OC(Cc1ccsc1)C1CCCC1. The number of hydrogen-bond acceptors (Lipinski definition) is 2. The van der Waals surface area contributed by atoms with Crippen LogP contribution in [0.25, 0.3) is 0 Å². The van der Waals surface area contributed by atoms with E-state index < -0.39 is 0 Å². The third-order valence-electron chi connectivity index (χ3n) is 2.97. The summed E-state index contributed by atoms with van der Waals surface area (Å²) >= 11 is 1.71. The Kier molecular flexibility index (Phi) is 3.01. The van der Waals surface area contributed by atoms with Crippen molar-refractivity contribution in [2.75, 3.05) is 0 Å². The van der Waals surface area contributed by atoms with Crippen LogP contribution in [-0.2, 0) is 6.42 Å². The van der Waals surface area contributed by atoms with Crippen LogP contribution in [-0.4, -0.2) is 11.2 Å². The Balaban J connectivity index is 1.87. The third kappa shape index (κ3) is 2.32. The van der Waals surface area contributed by atoms with E-state index in [1.54, 1.807) is 11.3 Å². The molecule has 0 spiro atoms. The summed E-state index contributed by atoms with van der Waals surface area (Å²) in [5.74, 6) is 0.569. The normalized spacial score (nSPS) is 20.7. The van der Waals surface area contributed by atoms with Crippen LogP contribution in [0.5, 0.6) is 0 Å². The summed E-state index contributed by atoms with van der Waals surface area (Å²) < 4.78 is 0. The molecule has 13 heavy (non-hydrogen) atoms. The second kappa shape index (κ2) is 4.25. The van der Waals surface area contributed by atoms with E-state index in [1.807, 2.05) is 0 Å². The van der Waals surface area contributed by atoms with E-state index in [2.05, 4.69) is 16.8 Å². The van der Waals surface area contributed by atoms with E-state index in [4.69, 9.17) is 0 Å². The summed E-state index contributed by atoms with van der Waals surface area (Å²) in [6.07, 6.45) is 5.83. The van der Waals surface area contributed by atoms with Gasteiger partial charge in [-0.15, -0.1) is 0 Å². The largest absolute Gasteiger partial charge is 0.392 e. The fourth-order valence-electron chi connectivity index (χ4n) is 2.16. The zero-order chi connectivity index (χ0) is 9.10. The van der Waals surface area contributed by atoms with Gasteiger partial charge in [0, 0.05) is 0 Å². The van der Waals surface area contributed by atoms with E-state index in [0.717, 1.165) is 6.42 Å². The molecule has 1 fully saturated rings. The summed E-state index contributed by atoms with van der Waals surface area (Å²) in [6, 6.07) is 2.11. The molecule has 1 unspecified atom stereocenters. The van der Waals surface area contributed by atoms with Crippen LogP contribution in [0.1, 0.15) is 31.2 Å². The lowest BCUT2D eigenvalue weighted by molar-refractivity contribution is 0.111. The molecule has 1 atom stereocenters. The zero-order valence-corrected chi connectivity index (χ0v) is 8.59. The lowest BCUT2D eigenvalue weighted by Gasteiger charge is -2.16. The summed E-state index contributed by atoms with van der Waals surface area (Å²) in [4.78, 5) is 0. The molecule has 0 aliphatic heterocycles. The van der Waals surface area contributed by atoms with Crippen molar-refractivity contribution in [2.24, 2.45) is 5.92 Å². The first-order valence-corrected chi connectivity index (χ1v) is 5.99. The molecule has 0 radical (unpaired) electrons. The second-order valence-corrected chi connectivity index (χ2v) is 4.73. The van der Waals surface area contributed by atoms with Gasteiger partial charge in [-0.05, 0) is 47.6 Å². The van der Waals surface area contributed by atoms with Gasteiger partial charge in [-0.25, -0.2) is 0 Å². The van der Waals surface area contributed by atoms with Gasteiger partial charge < -0.3 is 5.11 Å². The number of hydrogen-bond donors (Lipinski definition) is 1. The molecule has 1 N–H and O–H groups in total. The highest BCUT2D eigenvalue weighted by Gasteiger charge is 2.23. The van der Waals surface area contributed by atoms with Crippen LogP contribution in [0.4, 0.5) is 0 Å². The molecule has 0 amide bonds. The summed E-state index contributed by atoms with van der Waals surface area (Å²) in [6.45, 7) is 0. The molecule has 1 aromatic rings. The Morgan fingerprint density at radius 2 is 2.23 bits per heavy atom. The van der Waals surface area contributed by atoms with Crippen LogP contribution in [0.2, 0.25) is 0 Å². The van der Waals surface area contributed by atoms with Crippen LogP contribution in [0.3, 0.4) is 0 Å². The molecule has 2 rings (SSSR count). The summed E-state index contributed by atoms with van der Waals surface area (Å²) in [5, 5.41) is 14.1. The Labute approximate surface area is 83.4 Å². The van der Waals surface area contributed by atoms with Gasteiger partial charge in [0.15, 0.2) is 0 Å². The molecule has 1 aliphatic rings. The molecular weight excluding hydrogens is 180 g/mol. The standard InChI is InChI=1S/C11H16OS/c12-11(10-3-1-2-4-10)7-9-5-6-13-8-9/h5-6,8,10-12H,1-4,7H2. The van der Waals surface area contributed by atoms with E-state index in [9.17, 15) is 5.11 Å². The quantitative estimate of drug-likeness (QED) is 0.788. The first kappa shape index (κ1) is 9.22. The molecule has 2 heteroatoms. The van der Waals surface area contributed by atoms with Crippen molar-refractivity contribution in [1.82, 2.24) is 0 Å². The first-order valence-electron chi connectivity index (χ1n) is 5.05. The Morgan fingerprint density at radius 3 is 2.85 bits per heavy atom. The van der Waals surface area contributed by atoms with Gasteiger partial charge in [0.2, 0.25) is 0 Å². The van der Waals surface area contributed by atoms with Crippen molar-refractivity contribution in [3.8, 4) is 0 Å². The fourth-order valence-corrected chi connectivity index (χ4v) is 2.84. The maximum absolute atomic E-state index is 9.93. The van der Waals surface area contributed by atoms with Crippen molar-refractivity contribution in [3.05, 3.63) is 22.4 Å². The van der Waals surface area contributed by atoms with Crippen LogP contribution < -0.4 is 0 Å². The number of rotatable bonds is 3. The van der Waals surface area contributed by atoms with Gasteiger partial charge in [0.1, 0.15) is 0 Å². The minimum Gasteiger partial charge on any atom is -0.392 e. The lowest BCUT2D eigenvalue weighted by atomic mass is 9.96. The maximum atomic E-state index is 9.93.